The molecular formula is C12H14F3NO. The van der Waals surface area contributed by atoms with E-state index in [-0.39, 0.29) is 11.7 Å². The number of nitrogens with one attached hydrogen (secondary N) is 1. The Labute approximate surface area is 97.5 Å². The van der Waals surface area contributed by atoms with E-state index in [4.69, 9.17) is 0 Å². The predicted octanol–water partition coefficient (Wildman–Crippen LogP) is 2.82. The van der Waals surface area contributed by atoms with Gasteiger partial charge in [-0.2, -0.15) is 0 Å². The second kappa shape index (κ2) is 4.96. The Hall–Kier alpha value is -1.23. The molecule has 1 fully saturated rings. The molecule has 2 nitrogen and oxygen atoms in total. The number of hydrogen-bond donors (Lipinski definition) is 2. The lowest BCUT2D eigenvalue weighted by Crippen LogP contribution is -2.36. The first kappa shape index (κ1) is 12.2. The quantitative estimate of drug-likeness (QED) is 0.785. The van der Waals surface area contributed by atoms with Crippen LogP contribution in [0.4, 0.5) is 18.9 Å². The third kappa shape index (κ3) is 2.54. The lowest BCUT2D eigenvalue weighted by atomic mass is 9.92. The summed E-state index contributed by atoms with van der Waals surface area (Å²) < 4.78 is 39.1. The maximum absolute atomic E-state index is 13.4. The number of rotatable bonds is 2. The Balaban J connectivity index is 2.15. The molecule has 0 aromatic heterocycles. The highest BCUT2D eigenvalue weighted by Gasteiger charge is 2.24. The monoisotopic (exact) mass is 245 g/mol. The zero-order valence-electron chi connectivity index (χ0n) is 9.22. The highest BCUT2D eigenvalue weighted by molar-refractivity contribution is 5.46. The standard InChI is InChI=1S/C12H14F3NO/c13-7-5-6-9(12(15)11(7)14)16-8-3-1-2-4-10(8)17/h5-6,8,10,16-17H,1-4H2/t8-,10-/m0/s1. The van der Waals surface area contributed by atoms with E-state index in [1.807, 2.05) is 0 Å². The molecule has 94 valence electrons. The Bertz CT molecular complexity index is 411. The van der Waals surface area contributed by atoms with Crippen LogP contribution in [-0.2, 0) is 0 Å². The molecule has 1 saturated carbocycles. The topological polar surface area (TPSA) is 32.3 Å². The van der Waals surface area contributed by atoms with Crippen LogP contribution in [0.5, 0.6) is 0 Å². The fourth-order valence-electron chi connectivity index (χ4n) is 2.12. The van der Waals surface area contributed by atoms with Crippen molar-refractivity contribution in [2.24, 2.45) is 0 Å². The van der Waals surface area contributed by atoms with Gasteiger partial charge in [0, 0.05) is 0 Å². The van der Waals surface area contributed by atoms with Crippen molar-refractivity contribution in [1.82, 2.24) is 0 Å². The van der Waals surface area contributed by atoms with Crippen molar-refractivity contribution in [2.45, 2.75) is 37.8 Å². The number of aliphatic hydroxyl groups excluding tert-OH is 1. The van der Waals surface area contributed by atoms with Gasteiger partial charge in [0.15, 0.2) is 17.5 Å². The molecule has 0 saturated heterocycles. The summed E-state index contributed by atoms with van der Waals surface area (Å²) in [5.74, 6) is -3.93. The van der Waals surface area contributed by atoms with E-state index >= 15 is 0 Å². The van der Waals surface area contributed by atoms with Crippen LogP contribution < -0.4 is 5.32 Å². The van der Waals surface area contributed by atoms with Crippen molar-refractivity contribution in [3.63, 3.8) is 0 Å². The van der Waals surface area contributed by atoms with Crippen LogP contribution in [0.15, 0.2) is 12.1 Å². The minimum Gasteiger partial charge on any atom is -0.391 e. The number of halogens is 3. The van der Waals surface area contributed by atoms with Crippen LogP contribution in [-0.4, -0.2) is 17.3 Å². The minimum absolute atomic E-state index is 0.102. The molecule has 0 unspecified atom stereocenters. The zero-order valence-corrected chi connectivity index (χ0v) is 9.22. The average molecular weight is 245 g/mol. The summed E-state index contributed by atoms with van der Waals surface area (Å²) in [6.45, 7) is 0. The molecule has 2 rings (SSSR count). The smallest absolute Gasteiger partial charge is 0.196 e. The molecule has 1 aliphatic rings. The maximum atomic E-state index is 13.4. The molecule has 1 aromatic carbocycles. The van der Waals surface area contributed by atoms with Crippen LogP contribution in [0.1, 0.15) is 25.7 Å². The molecule has 0 amide bonds. The van der Waals surface area contributed by atoms with Gasteiger partial charge < -0.3 is 10.4 Å². The van der Waals surface area contributed by atoms with Gasteiger partial charge in [0.2, 0.25) is 0 Å². The molecule has 0 radical (unpaired) electrons. The summed E-state index contributed by atoms with van der Waals surface area (Å²) in [5.41, 5.74) is -0.102. The Morgan fingerprint density at radius 1 is 1.06 bits per heavy atom. The first-order valence-corrected chi connectivity index (χ1v) is 5.67. The SMILES string of the molecule is O[C@H]1CCCC[C@@H]1Nc1ccc(F)c(F)c1F. The van der Waals surface area contributed by atoms with E-state index in [2.05, 4.69) is 5.32 Å². The van der Waals surface area contributed by atoms with E-state index in [0.29, 0.717) is 12.8 Å². The summed E-state index contributed by atoms with van der Waals surface area (Å²) >= 11 is 0. The molecule has 1 aromatic rings. The molecule has 2 atom stereocenters. The number of hydrogen-bond acceptors (Lipinski definition) is 2. The first-order valence-electron chi connectivity index (χ1n) is 5.67. The third-order valence-electron chi connectivity index (χ3n) is 3.11. The van der Waals surface area contributed by atoms with Crippen LogP contribution in [0.25, 0.3) is 0 Å². The number of benzene rings is 1. The fourth-order valence-corrected chi connectivity index (χ4v) is 2.12. The Morgan fingerprint density at radius 2 is 1.76 bits per heavy atom. The van der Waals surface area contributed by atoms with Gasteiger partial charge in [-0.3, -0.25) is 0 Å². The molecular weight excluding hydrogens is 231 g/mol. The van der Waals surface area contributed by atoms with Crippen molar-refractivity contribution < 1.29 is 18.3 Å². The van der Waals surface area contributed by atoms with Gasteiger partial charge in [0.1, 0.15) is 0 Å². The lowest BCUT2D eigenvalue weighted by molar-refractivity contribution is 0.116. The molecule has 17 heavy (non-hydrogen) atoms. The van der Waals surface area contributed by atoms with Gasteiger partial charge >= 0.3 is 0 Å². The second-order valence-corrected chi connectivity index (χ2v) is 4.33. The molecule has 2 N–H and O–H groups in total. The maximum Gasteiger partial charge on any atom is 0.196 e. The summed E-state index contributed by atoms with van der Waals surface area (Å²) in [6.07, 6.45) is 2.62. The summed E-state index contributed by atoms with van der Waals surface area (Å²) in [4.78, 5) is 0. The van der Waals surface area contributed by atoms with Gasteiger partial charge in [0.25, 0.3) is 0 Å². The van der Waals surface area contributed by atoms with Gasteiger partial charge in [-0.25, -0.2) is 13.2 Å². The summed E-state index contributed by atoms with van der Waals surface area (Å²) in [5, 5.41) is 12.4. The first-order chi connectivity index (χ1) is 8.09. The van der Waals surface area contributed by atoms with Crippen molar-refractivity contribution in [3.05, 3.63) is 29.6 Å². The summed E-state index contributed by atoms with van der Waals surface area (Å²) in [7, 11) is 0. The van der Waals surface area contributed by atoms with Crippen LogP contribution in [0, 0.1) is 17.5 Å². The van der Waals surface area contributed by atoms with E-state index in [0.717, 1.165) is 25.0 Å². The molecule has 0 spiro atoms. The fraction of sp³-hybridized carbons (Fsp3) is 0.500. The van der Waals surface area contributed by atoms with Crippen LogP contribution >= 0.6 is 0 Å². The Kier molecular flexibility index (Phi) is 3.57. The van der Waals surface area contributed by atoms with Crippen molar-refractivity contribution in [3.8, 4) is 0 Å². The van der Waals surface area contributed by atoms with E-state index < -0.39 is 23.6 Å². The van der Waals surface area contributed by atoms with E-state index in [9.17, 15) is 18.3 Å². The highest BCUT2D eigenvalue weighted by Crippen LogP contribution is 2.25. The molecule has 0 aliphatic heterocycles. The van der Waals surface area contributed by atoms with E-state index in [1.54, 1.807) is 0 Å². The molecule has 5 heteroatoms. The minimum atomic E-state index is -1.49. The van der Waals surface area contributed by atoms with Crippen LogP contribution in [0.3, 0.4) is 0 Å². The van der Waals surface area contributed by atoms with Crippen LogP contribution in [0.2, 0.25) is 0 Å². The average Bonchev–Trinajstić information content (AvgIpc) is 2.32. The van der Waals surface area contributed by atoms with E-state index in [1.165, 1.54) is 0 Å². The van der Waals surface area contributed by atoms with Gasteiger partial charge in [-0.1, -0.05) is 12.8 Å². The number of aliphatic hydroxyl groups is 1. The zero-order chi connectivity index (χ0) is 12.4. The molecule has 1 aliphatic carbocycles. The van der Waals surface area contributed by atoms with Gasteiger partial charge in [-0.05, 0) is 25.0 Å². The largest absolute Gasteiger partial charge is 0.391 e. The number of anilines is 1. The summed E-state index contributed by atoms with van der Waals surface area (Å²) in [6, 6.07) is 1.72. The predicted molar refractivity (Wildman–Crippen MR) is 58.2 cm³/mol. The second-order valence-electron chi connectivity index (χ2n) is 4.33. The van der Waals surface area contributed by atoms with Crippen molar-refractivity contribution in [2.75, 3.05) is 5.32 Å². The normalized spacial score (nSPS) is 24.7. The lowest BCUT2D eigenvalue weighted by Gasteiger charge is -2.29. The van der Waals surface area contributed by atoms with Crippen molar-refractivity contribution in [1.29, 1.82) is 0 Å². The third-order valence-corrected chi connectivity index (χ3v) is 3.11. The molecule has 0 bridgehead atoms. The van der Waals surface area contributed by atoms with Gasteiger partial charge in [0.05, 0.1) is 17.8 Å². The van der Waals surface area contributed by atoms with Gasteiger partial charge in [-0.15, -0.1) is 0 Å². The Morgan fingerprint density at radius 3 is 2.47 bits per heavy atom. The van der Waals surface area contributed by atoms with Crippen molar-refractivity contribution >= 4 is 5.69 Å². The molecule has 0 heterocycles. The highest BCUT2D eigenvalue weighted by atomic mass is 19.2.